The van der Waals surface area contributed by atoms with Crippen molar-refractivity contribution in [1.82, 2.24) is 0 Å². The van der Waals surface area contributed by atoms with Crippen molar-refractivity contribution in [3.8, 4) is 0 Å². The summed E-state index contributed by atoms with van der Waals surface area (Å²) < 4.78 is 13.5. The van der Waals surface area contributed by atoms with E-state index in [1.54, 1.807) is 12.1 Å². The molecule has 0 aliphatic carbocycles. The van der Waals surface area contributed by atoms with E-state index in [9.17, 15) is 4.39 Å². The molecular formula is C12H16BrFO. The highest BCUT2D eigenvalue weighted by atomic mass is 79.9. The summed E-state index contributed by atoms with van der Waals surface area (Å²) in [4.78, 5) is 0. The highest BCUT2D eigenvalue weighted by Gasteiger charge is 2.08. The van der Waals surface area contributed by atoms with Gasteiger partial charge in [0.05, 0.1) is 4.47 Å². The minimum absolute atomic E-state index is 0.197. The zero-order valence-corrected chi connectivity index (χ0v) is 10.4. The van der Waals surface area contributed by atoms with Crippen molar-refractivity contribution in [2.24, 2.45) is 5.92 Å². The minimum atomic E-state index is -0.241. The number of halogens is 2. The summed E-state index contributed by atoms with van der Waals surface area (Å²) in [6.07, 6.45) is 2.88. The molecule has 0 heterocycles. The maximum Gasteiger partial charge on any atom is 0.137 e. The van der Waals surface area contributed by atoms with Crippen molar-refractivity contribution in [2.45, 2.75) is 26.2 Å². The third kappa shape index (κ3) is 3.92. The molecule has 0 fully saturated rings. The first-order chi connectivity index (χ1) is 7.17. The Hall–Kier alpha value is -0.410. The van der Waals surface area contributed by atoms with Crippen LogP contribution in [0.3, 0.4) is 0 Å². The predicted molar refractivity (Wildman–Crippen MR) is 63.3 cm³/mol. The number of hydrogen-bond donors (Lipinski definition) is 1. The van der Waals surface area contributed by atoms with Crippen molar-refractivity contribution < 1.29 is 9.50 Å². The molecule has 1 rings (SSSR count). The van der Waals surface area contributed by atoms with Gasteiger partial charge in [-0.1, -0.05) is 19.4 Å². The van der Waals surface area contributed by atoms with Gasteiger partial charge in [0.2, 0.25) is 0 Å². The molecule has 1 aromatic carbocycles. The lowest BCUT2D eigenvalue weighted by atomic mass is 9.96. The molecule has 1 aromatic rings. The summed E-state index contributed by atoms with van der Waals surface area (Å²) >= 11 is 3.16. The fourth-order valence-electron chi connectivity index (χ4n) is 1.67. The van der Waals surface area contributed by atoms with Gasteiger partial charge >= 0.3 is 0 Å². The Kier molecular flexibility index (Phi) is 5.26. The van der Waals surface area contributed by atoms with Crippen LogP contribution in [0.15, 0.2) is 22.7 Å². The highest BCUT2D eigenvalue weighted by Crippen LogP contribution is 2.20. The lowest BCUT2D eigenvalue weighted by Gasteiger charge is -2.13. The molecule has 0 bridgehead atoms. The molecular weight excluding hydrogens is 259 g/mol. The highest BCUT2D eigenvalue weighted by molar-refractivity contribution is 9.10. The molecule has 0 aromatic heterocycles. The number of aliphatic hydroxyl groups is 1. The molecule has 1 N–H and O–H groups in total. The van der Waals surface area contributed by atoms with E-state index in [2.05, 4.69) is 22.9 Å². The van der Waals surface area contributed by atoms with Gasteiger partial charge in [0.1, 0.15) is 5.82 Å². The Bertz CT molecular complexity index is 314. The lowest BCUT2D eigenvalue weighted by Crippen LogP contribution is -2.09. The third-order valence-corrected chi connectivity index (χ3v) is 3.07. The second-order valence-corrected chi connectivity index (χ2v) is 4.64. The normalized spacial score (nSPS) is 12.8. The first kappa shape index (κ1) is 12.7. The van der Waals surface area contributed by atoms with E-state index in [-0.39, 0.29) is 18.3 Å². The van der Waals surface area contributed by atoms with E-state index in [0.29, 0.717) is 4.47 Å². The summed E-state index contributed by atoms with van der Waals surface area (Å²) in [6.45, 7) is 2.30. The van der Waals surface area contributed by atoms with E-state index in [1.807, 2.05) is 0 Å². The van der Waals surface area contributed by atoms with Crippen LogP contribution in [0.25, 0.3) is 0 Å². The molecule has 1 unspecified atom stereocenters. The Morgan fingerprint density at radius 3 is 2.73 bits per heavy atom. The van der Waals surface area contributed by atoms with E-state index in [4.69, 9.17) is 5.11 Å². The van der Waals surface area contributed by atoms with Gasteiger partial charge in [-0.05, 0) is 52.4 Å². The first-order valence-corrected chi connectivity index (χ1v) is 6.01. The monoisotopic (exact) mass is 274 g/mol. The average molecular weight is 275 g/mol. The van der Waals surface area contributed by atoms with Crippen LogP contribution in [0.5, 0.6) is 0 Å². The van der Waals surface area contributed by atoms with Gasteiger partial charge in [-0.15, -0.1) is 0 Å². The number of benzene rings is 1. The maximum absolute atomic E-state index is 13.0. The van der Waals surface area contributed by atoms with Crippen LogP contribution in [0.1, 0.15) is 25.3 Å². The van der Waals surface area contributed by atoms with E-state index >= 15 is 0 Å². The van der Waals surface area contributed by atoms with Crippen LogP contribution in [-0.2, 0) is 6.42 Å². The van der Waals surface area contributed by atoms with E-state index < -0.39 is 0 Å². The Balaban J connectivity index is 2.66. The average Bonchev–Trinajstić information content (AvgIpc) is 2.23. The van der Waals surface area contributed by atoms with Gasteiger partial charge in [-0.2, -0.15) is 0 Å². The van der Waals surface area contributed by atoms with Crippen molar-refractivity contribution in [3.05, 3.63) is 34.1 Å². The second-order valence-electron chi connectivity index (χ2n) is 3.79. The third-order valence-electron chi connectivity index (χ3n) is 2.46. The smallest absolute Gasteiger partial charge is 0.137 e. The van der Waals surface area contributed by atoms with Gasteiger partial charge in [0.25, 0.3) is 0 Å². The Labute approximate surface area is 98.4 Å². The molecule has 0 saturated heterocycles. The van der Waals surface area contributed by atoms with E-state index in [1.165, 1.54) is 6.07 Å². The van der Waals surface area contributed by atoms with Crippen LogP contribution in [0.2, 0.25) is 0 Å². The zero-order chi connectivity index (χ0) is 11.3. The van der Waals surface area contributed by atoms with Gasteiger partial charge < -0.3 is 5.11 Å². The fraction of sp³-hybridized carbons (Fsp3) is 0.500. The van der Waals surface area contributed by atoms with Crippen molar-refractivity contribution >= 4 is 15.9 Å². The van der Waals surface area contributed by atoms with Crippen LogP contribution in [-0.4, -0.2) is 11.7 Å². The molecule has 0 aliphatic heterocycles. The molecule has 0 radical (unpaired) electrons. The second kappa shape index (κ2) is 6.23. The number of rotatable bonds is 5. The standard InChI is InChI=1S/C12H16BrFO/c1-2-3-10(8-15)6-9-4-5-12(14)11(13)7-9/h4-5,7,10,15H,2-3,6,8H2,1H3. The molecule has 84 valence electrons. The quantitative estimate of drug-likeness (QED) is 0.871. The summed E-state index contributed by atoms with van der Waals surface area (Å²) in [6, 6.07) is 5.02. The fourth-order valence-corrected chi connectivity index (χ4v) is 2.09. The SMILES string of the molecule is CCCC(CO)Cc1ccc(F)c(Br)c1. The predicted octanol–water partition coefficient (Wildman–Crippen LogP) is 3.54. The Morgan fingerprint density at radius 2 is 2.20 bits per heavy atom. The minimum Gasteiger partial charge on any atom is -0.396 e. The molecule has 0 amide bonds. The van der Waals surface area contributed by atoms with E-state index in [0.717, 1.165) is 24.8 Å². The summed E-state index contributed by atoms with van der Waals surface area (Å²) in [5.41, 5.74) is 1.07. The van der Waals surface area contributed by atoms with Gasteiger partial charge in [-0.25, -0.2) is 4.39 Å². The zero-order valence-electron chi connectivity index (χ0n) is 8.84. The van der Waals surface area contributed by atoms with Gasteiger partial charge in [0, 0.05) is 6.61 Å². The molecule has 0 aliphatic rings. The topological polar surface area (TPSA) is 20.2 Å². The van der Waals surface area contributed by atoms with Crippen molar-refractivity contribution in [1.29, 1.82) is 0 Å². The van der Waals surface area contributed by atoms with Gasteiger partial charge in [0.15, 0.2) is 0 Å². The first-order valence-electron chi connectivity index (χ1n) is 5.22. The molecule has 3 heteroatoms. The van der Waals surface area contributed by atoms with Crippen molar-refractivity contribution in [2.75, 3.05) is 6.61 Å². The largest absolute Gasteiger partial charge is 0.396 e. The van der Waals surface area contributed by atoms with Crippen LogP contribution >= 0.6 is 15.9 Å². The molecule has 0 spiro atoms. The lowest BCUT2D eigenvalue weighted by molar-refractivity contribution is 0.217. The van der Waals surface area contributed by atoms with Crippen LogP contribution in [0.4, 0.5) is 4.39 Å². The summed E-state index contributed by atoms with van der Waals surface area (Å²) in [7, 11) is 0. The van der Waals surface area contributed by atoms with Crippen molar-refractivity contribution in [3.63, 3.8) is 0 Å². The number of aliphatic hydroxyl groups excluding tert-OH is 1. The summed E-state index contributed by atoms with van der Waals surface area (Å²) in [5.74, 6) is 0.0437. The molecule has 15 heavy (non-hydrogen) atoms. The number of hydrogen-bond acceptors (Lipinski definition) is 1. The molecule has 1 nitrogen and oxygen atoms in total. The maximum atomic E-state index is 13.0. The van der Waals surface area contributed by atoms with Crippen LogP contribution in [0, 0.1) is 11.7 Å². The van der Waals surface area contributed by atoms with Crippen LogP contribution < -0.4 is 0 Å². The Morgan fingerprint density at radius 1 is 1.47 bits per heavy atom. The molecule has 1 atom stereocenters. The molecule has 0 saturated carbocycles. The van der Waals surface area contributed by atoms with Gasteiger partial charge in [-0.3, -0.25) is 0 Å². The summed E-state index contributed by atoms with van der Waals surface area (Å²) in [5, 5.41) is 9.16.